The normalized spacial score (nSPS) is 18.9. The third-order valence-corrected chi connectivity index (χ3v) is 5.94. The number of methoxy groups -OCH3 is 1. The third kappa shape index (κ3) is 4.78. The number of aliphatic hydroxyl groups excluding tert-OH is 2. The Morgan fingerprint density at radius 2 is 2.00 bits per heavy atom. The fraction of sp³-hybridized carbons (Fsp3) is 0.375. The maximum absolute atomic E-state index is 12.4. The van der Waals surface area contributed by atoms with Crippen LogP contribution in [0.1, 0.15) is 11.7 Å². The molecule has 0 aliphatic carbocycles. The summed E-state index contributed by atoms with van der Waals surface area (Å²) in [6.45, 7) is 1.38. The second-order valence-electron chi connectivity index (χ2n) is 8.23. The minimum atomic E-state index is -0.972. The smallest absolute Gasteiger partial charge is 0.414 e. The highest BCUT2D eigenvalue weighted by molar-refractivity contribution is 5.90. The van der Waals surface area contributed by atoms with Crippen LogP contribution in [0.15, 0.2) is 42.6 Å². The van der Waals surface area contributed by atoms with E-state index >= 15 is 0 Å². The monoisotopic (exact) mass is 482 g/mol. The van der Waals surface area contributed by atoms with E-state index in [4.69, 9.17) is 18.9 Å². The van der Waals surface area contributed by atoms with Gasteiger partial charge in [0, 0.05) is 24.7 Å². The van der Waals surface area contributed by atoms with Gasteiger partial charge in [-0.25, -0.2) is 14.8 Å². The van der Waals surface area contributed by atoms with Crippen molar-refractivity contribution in [1.29, 1.82) is 0 Å². The molecule has 1 saturated heterocycles. The van der Waals surface area contributed by atoms with Gasteiger partial charge in [-0.3, -0.25) is 4.90 Å². The number of nitrogens with one attached hydrogen (secondary N) is 1. The van der Waals surface area contributed by atoms with Crippen LogP contribution in [0.4, 0.5) is 10.5 Å². The molecule has 1 amide bonds. The first-order chi connectivity index (χ1) is 17.0. The number of amides is 1. The highest BCUT2D eigenvalue weighted by Crippen LogP contribution is 2.35. The number of para-hydroxylation sites is 1. The van der Waals surface area contributed by atoms with Crippen molar-refractivity contribution < 1.29 is 34.0 Å². The fourth-order valence-corrected chi connectivity index (χ4v) is 4.11. The van der Waals surface area contributed by atoms with Gasteiger partial charge in [0.05, 0.1) is 42.7 Å². The minimum absolute atomic E-state index is 0.115. The lowest BCUT2D eigenvalue weighted by Crippen LogP contribution is -2.40. The van der Waals surface area contributed by atoms with Gasteiger partial charge in [0.15, 0.2) is 11.5 Å². The average molecular weight is 482 g/mol. The second-order valence-corrected chi connectivity index (χ2v) is 8.23. The Balaban J connectivity index is 1.18. The Bertz CT molecular complexity index is 1220. The Hall–Kier alpha value is -3.67. The summed E-state index contributed by atoms with van der Waals surface area (Å²) in [6.07, 6.45) is -1.62. The van der Waals surface area contributed by atoms with Crippen LogP contribution >= 0.6 is 0 Å². The average Bonchev–Trinajstić information content (AvgIpc) is 3.29. The number of aromatic nitrogens is 2. The molecule has 3 aromatic rings. The lowest BCUT2D eigenvalue weighted by molar-refractivity contribution is 0.0312. The Kier molecular flexibility index (Phi) is 6.53. The van der Waals surface area contributed by atoms with E-state index in [2.05, 4.69) is 15.3 Å². The zero-order valence-electron chi connectivity index (χ0n) is 19.1. The standard InChI is InChI=1S/C24H26N4O7/c1-32-22-12-26-16-4-2-3-15(23(16)27-22)17(29)10-25-11-18(30)21-13-28(24(31)35-21)14-5-6-19-20(9-14)34-8-7-33-19/h2-6,9,12,17-18,21,25,29-30H,7-8,10-11,13H2,1H3/t17?,18-,21-/m0/s1. The number of rotatable bonds is 8. The maximum Gasteiger partial charge on any atom is 0.414 e. The molecule has 11 nitrogen and oxygen atoms in total. The minimum Gasteiger partial charge on any atom is -0.486 e. The quantitative estimate of drug-likeness (QED) is 0.432. The predicted molar refractivity (Wildman–Crippen MR) is 125 cm³/mol. The van der Waals surface area contributed by atoms with E-state index in [0.717, 1.165) is 0 Å². The molecular weight excluding hydrogens is 456 g/mol. The number of cyclic esters (lactones) is 1. The molecule has 3 N–H and O–H groups in total. The lowest BCUT2D eigenvalue weighted by Gasteiger charge is -2.21. The van der Waals surface area contributed by atoms with E-state index < -0.39 is 24.4 Å². The molecule has 11 heteroatoms. The number of carbonyl (C=O) groups excluding carboxylic acids is 1. The summed E-state index contributed by atoms with van der Waals surface area (Å²) in [4.78, 5) is 22.6. The van der Waals surface area contributed by atoms with Crippen LogP contribution in [0.25, 0.3) is 11.0 Å². The maximum atomic E-state index is 12.4. The number of hydrogen-bond donors (Lipinski definition) is 3. The fourth-order valence-electron chi connectivity index (χ4n) is 4.11. The van der Waals surface area contributed by atoms with Gasteiger partial charge in [-0.2, -0.15) is 0 Å². The van der Waals surface area contributed by atoms with Crippen molar-refractivity contribution >= 4 is 22.8 Å². The topological polar surface area (TPSA) is 136 Å². The summed E-state index contributed by atoms with van der Waals surface area (Å²) in [7, 11) is 1.50. The Labute approximate surface area is 201 Å². The van der Waals surface area contributed by atoms with Gasteiger partial charge in [-0.05, 0) is 18.2 Å². The van der Waals surface area contributed by atoms with Gasteiger partial charge in [0.25, 0.3) is 0 Å². The van der Waals surface area contributed by atoms with Crippen LogP contribution in [-0.2, 0) is 4.74 Å². The lowest BCUT2D eigenvalue weighted by atomic mass is 10.1. The third-order valence-electron chi connectivity index (χ3n) is 5.94. The summed E-state index contributed by atoms with van der Waals surface area (Å²) >= 11 is 0. The molecule has 3 heterocycles. The molecule has 2 aromatic carbocycles. The number of anilines is 1. The summed E-state index contributed by atoms with van der Waals surface area (Å²) in [5, 5.41) is 24.4. The molecule has 0 saturated carbocycles. The first-order valence-electron chi connectivity index (χ1n) is 11.3. The first-order valence-corrected chi connectivity index (χ1v) is 11.3. The van der Waals surface area contributed by atoms with Crippen LogP contribution in [-0.4, -0.2) is 78.4 Å². The number of carbonyl (C=O) groups is 1. The van der Waals surface area contributed by atoms with Crippen molar-refractivity contribution in [2.45, 2.75) is 18.3 Å². The van der Waals surface area contributed by atoms with Crippen LogP contribution in [0.3, 0.4) is 0 Å². The van der Waals surface area contributed by atoms with Crippen molar-refractivity contribution in [2.75, 3.05) is 44.9 Å². The van der Waals surface area contributed by atoms with E-state index in [9.17, 15) is 15.0 Å². The van der Waals surface area contributed by atoms with Gasteiger partial charge in [0.1, 0.15) is 25.4 Å². The number of aliphatic hydroxyl groups is 2. The van der Waals surface area contributed by atoms with Crippen LogP contribution in [0.5, 0.6) is 17.4 Å². The highest BCUT2D eigenvalue weighted by Gasteiger charge is 2.37. The van der Waals surface area contributed by atoms with Crippen LogP contribution in [0, 0.1) is 0 Å². The van der Waals surface area contributed by atoms with Gasteiger partial charge in [-0.1, -0.05) is 12.1 Å². The van der Waals surface area contributed by atoms with E-state index in [1.165, 1.54) is 18.2 Å². The molecule has 2 aliphatic rings. The molecule has 2 aliphatic heterocycles. The van der Waals surface area contributed by atoms with Crippen LogP contribution < -0.4 is 24.4 Å². The molecule has 1 unspecified atom stereocenters. The molecule has 1 fully saturated rings. The molecule has 0 radical (unpaired) electrons. The molecule has 184 valence electrons. The first kappa shape index (κ1) is 23.1. The molecule has 3 atom stereocenters. The molecule has 0 spiro atoms. The number of hydrogen-bond acceptors (Lipinski definition) is 10. The number of nitrogens with zero attached hydrogens (tertiary/aromatic N) is 3. The van der Waals surface area contributed by atoms with Gasteiger partial charge in [-0.15, -0.1) is 0 Å². The predicted octanol–water partition coefficient (Wildman–Crippen LogP) is 1.42. The van der Waals surface area contributed by atoms with E-state index in [1.807, 2.05) is 0 Å². The van der Waals surface area contributed by atoms with Crippen molar-refractivity contribution in [3.8, 4) is 17.4 Å². The second kappa shape index (κ2) is 9.90. The molecule has 0 bridgehead atoms. The van der Waals surface area contributed by atoms with Gasteiger partial charge >= 0.3 is 6.09 Å². The zero-order valence-corrected chi connectivity index (χ0v) is 19.1. The summed E-state index contributed by atoms with van der Waals surface area (Å²) in [5.74, 6) is 1.55. The van der Waals surface area contributed by atoms with Gasteiger partial charge in [0.2, 0.25) is 5.88 Å². The van der Waals surface area contributed by atoms with E-state index in [0.29, 0.717) is 52.9 Å². The number of benzene rings is 2. The van der Waals surface area contributed by atoms with E-state index in [1.54, 1.807) is 36.4 Å². The highest BCUT2D eigenvalue weighted by atomic mass is 16.6. The largest absolute Gasteiger partial charge is 0.486 e. The zero-order chi connectivity index (χ0) is 24.4. The molecule has 1 aromatic heterocycles. The van der Waals surface area contributed by atoms with Crippen molar-refractivity contribution in [3.05, 3.63) is 48.2 Å². The van der Waals surface area contributed by atoms with Gasteiger partial charge < -0.3 is 34.5 Å². The Morgan fingerprint density at radius 3 is 2.83 bits per heavy atom. The SMILES string of the molecule is COc1cnc2cccc(C(O)CNC[C@H](O)[C@@H]3CN(c4ccc5c(c4)OCCO5)C(=O)O3)c2n1. The van der Waals surface area contributed by atoms with Crippen LogP contribution in [0.2, 0.25) is 0 Å². The summed E-state index contributed by atoms with van der Waals surface area (Å²) in [6, 6.07) is 10.6. The molecular formula is C24H26N4O7. The molecule has 35 heavy (non-hydrogen) atoms. The summed E-state index contributed by atoms with van der Waals surface area (Å²) < 4.78 is 21.6. The Morgan fingerprint density at radius 1 is 1.17 bits per heavy atom. The molecule has 5 rings (SSSR count). The summed E-state index contributed by atoms with van der Waals surface area (Å²) in [5.41, 5.74) is 2.37. The van der Waals surface area contributed by atoms with Crippen molar-refractivity contribution in [3.63, 3.8) is 0 Å². The van der Waals surface area contributed by atoms with Crippen molar-refractivity contribution in [1.82, 2.24) is 15.3 Å². The number of ether oxygens (including phenoxy) is 4. The number of fused-ring (bicyclic) bond motifs is 2. The van der Waals surface area contributed by atoms with E-state index in [-0.39, 0.29) is 19.6 Å². The van der Waals surface area contributed by atoms with Crippen molar-refractivity contribution in [2.24, 2.45) is 0 Å².